The average molecular weight is 298 g/mol. The highest BCUT2D eigenvalue weighted by molar-refractivity contribution is 5.76. The number of aryl methyl sites for hydroxylation is 3. The van der Waals surface area contributed by atoms with Crippen LogP contribution in [0.4, 0.5) is 0 Å². The van der Waals surface area contributed by atoms with Crippen LogP contribution < -0.4 is 5.56 Å². The average Bonchev–Trinajstić information content (AvgIpc) is 3.18. The minimum absolute atomic E-state index is 0.0607. The Labute approximate surface area is 127 Å². The molecule has 0 saturated heterocycles. The van der Waals surface area contributed by atoms with Crippen LogP contribution in [0.1, 0.15) is 36.0 Å². The molecule has 1 aliphatic carbocycles. The molecule has 0 bridgehead atoms. The number of fused-ring (bicyclic) bond motifs is 2. The number of hydrogen-bond donors (Lipinski definition) is 1. The Morgan fingerprint density at radius 1 is 1.32 bits per heavy atom. The van der Waals surface area contributed by atoms with Crippen molar-refractivity contribution in [3.8, 4) is 0 Å². The van der Waals surface area contributed by atoms with Crippen molar-refractivity contribution in [2.75, 3.05) is 0 Å². The van der Waals surface area contributed by atoms with Crippen molar-refractivity contribution in [2.24, 2.45) is 7.05 Å². The number of nitrogens with zero attached hydrogens (tertiary/aromatic N) is 5. The molecule has 0 aliphatic heterocycles. The molecular weight excluding hydrogens is 280 g/mol. The van der Waals surface area contributed by atoms with Gasteiger partial charge in [0.2, 0.25) is 0 Å². The standard InChI is InChI=1S/C15H18N6O/c1-3-10-13-14(20(2)19-10)15(22)21(8-16-13)7-12-9-5-4-6-11(9)17-18-12/h8H,3-7H2,1-2H3,(H,17,18). The highest BCUT2D eigenvalue weighted by atomic mass is 16.1. The van der Waals surface area contributed by atoms with Crippen molar-refractivity contribution in [1.82, 2.24) is 29.5 Å². The highest BCUT2D eigenvalue weighted by Gasteiger charge is 2.20. The van der Waals surface area contributed by atoms with E-state index >= 15 is 0 Å². The maximum atomic E-state index is 12.7. The third-order valence-electron chi connectivity index (χ3n) is 4.43. The van der Waals surface area contributed by atoms with E-state index < -0.39 is 0 Å². The van der Waals surface area contributed by atoms with E-state index in [2.05, 4.69) is 20.3 Å². The second kappa shape index (κ2) is 4.79. The number of nitrogens with one attached hydrogen (secondary N) is 1. The predicted molar refractivity (Wildman–Crippen MR) is 81.9 cm³/mol. The Kier molecular flexibility index (Phi) is 2.88. The molecular formula is C15H18N6O. The SMILES string of the molecule is CCc1nn(C)c2c(=O)n(Cc3n[nH]c4c3CCC4)cnc12. The van der Waals surface area contributed by atoms with E-state index in [1.54, 1.807) is 22.6 Å². The fourth-order valence-electron chi connectivity index (χ4n) is 3.29. The van der Waals surface area contributed by atoms with Crippen LogP contribution in [-0.4, -0.2) is 29.5 Å². The molecule has 0 amide bonds. The Hall–Kier alpha value is -2.44. The van der Waals surface area contributed by atoms with Gasteiger partial charge in [0.1, 0.15) is 5.52 Å². The molecule has 0 radical (unpaired) electrons. The second-order valence-electron chi connectivity index (χ2n) is 5.78. The summed E-state index contributed by atoms with van der Waals surface area (Å²) in [6.07, 6.45) is 5.63. The van der Waals surface area contributed by atoms with Crippen molar-refractivity contribution in [2.45, 2.75) is 39.2 Å². The first kappa shape index (κ1) is 13.2. The van der Waals surface area contributed by atoms with Crippen molar-refractivity contribution in [1.29, 1.82) is 0 Å². The molecule has 3 heterocycles. The first-order chi connectivity index (χ1) is 10.7. The van der Waals surface area contributed by atoms with Crippen LogP contribution >= 0.6 is 0 Å². The molecule has 1 aliphatic rings. The fourth-order valence-corrected chi connectivity index (χ4v) is 3.29. The summed E-state index contributed by atoms with van der Waals surface area (Å²) < 4.78 is 3.26. The summed E-state index contributed by atoms with van der Waals surface area (Å²) >= 11 is 0. The number of rotatable bonds is 3. The molecule has 7 nitrogen and oxygen atoms in total. The minimum atomic E-state index is -0.0607. The van der Waals surface area contributed by atoms with E-state index in [9.17, 15) is 4.79 Å². The van der Waals surface area contributed by atoms with Crippen molar-refractivity contribution >= 4 is 11.0 Å². The maximum Gasteiger partial charge on any atom is 0.279 e. The fraction of sp³-hybridized carbons (Fsp3) is 0.467. The second-order valence-corrected chi connectivity index (χ2v) is 5.78. The van der Waals surface area contributed by atoms with Crippen LogP contribution in [0.3, 0.4) is 0 Å². The summed E-state index contributed by atoms with van der Waals surface area (Å²) in [6, 6.07) is 0. The molecule has 1 N–H and O–H groups in total. The third-order valence-corrected chi connectivity index (χ3v) is 4.43. The summed E-state index contributed by atoms with van der Waals surface area (Å²) in [5.74, 6) is 0. The number of aromatic amines is 1. The third kappa shape index (κ3) is 1.81. The molecule has 0 saturated carbocycles. The zero-order chi connectivity index (χ0) is 15.3. The summed E-state index contributed by atoms with van der Waals surface area (Å²) in [5, 5.41) is 11.8. The van der Waals surface area contributed by atoms with E-state index in [1.807, 2.05) is 6.92 Å². The quantitative estimate of drug-likeness (QED) is 0.780. The normalized spacial score (nSPS) is 13.9. The lowest BCUT2D eigenvalue weighted by molar-refractivity contribution is 0.702. The van der Waals surface area contributed by atoms with Gasteiger partial charge in [-0.15, -0.1) is 0 Å². The van der Waals surface area contributed by atoms with Gasteiger partial charge in [-0.05, 0) is 31.2 Å². The summed E-state index contributed by atoms with van der Waals surface area (Å²) in [5.41, 5.74) is 5.51. The number of hydrogen-bond acceptors (Lipinski definition) is 4. The molecule has 0 atom stereocenters. The molecule has 0 aromatic carbocycles. The first-order valence-electron chi connectivity index (χ1n) is 7.65. The van der Waals surface area contributed by atoms with Gasteiger partial charge in [0.15, 0.2) is 5.52 Å². The molecule has 3 aromatic rings. The largest absolute Gasteiger partial charge is 0.291 e. The summed E-state index contributed by atoms with van der Waals surface area (Å²) in [6.45, 7) is 2.47. The highest BCUT2D eigenvalue weighted by Crippen LogP contribution is 2.23. The smallest absolute Gasteiger partial charge is 0.279 e. The number of H-pyrrole nitrogens is 1. The van der Waals surface area contributed by atoms with Gasteiger partial charge in [-0.3, -0.25) is 19.1 Å². The van der Waals surface area contributed by atoms with Gasteiger partial charge in [0.25, 0.3) is 5.56 Å². The van der Waals surface area contributed by atoms with E-state index in [-0.39, 0.29) is 5.56 Å². The zero-order valence-corrected chi connectivity index (χ0v) is 12.8. The van der Waals surface area contributed by atoms with Gasteiger partial charge in [0, 0.05) is 12.7 Å². The van der Waals surface area contributed by atoms with Crippen molar-refractivity contribution in [3.05, 3.63) is 39.3 Å². The van der Waals surface area contributed by atoms with Gasteiger partial charge >= 0.3 is 0 Å². The Bertz CT molecular complexity index is 916. The monoisotopic (exact) mass is 298 g/mol. The van der Waals surface area contributed by atoms with Crippen LogP contribution in [-0.2, 0) is 32.9 Å². The van der Waals surface area contributed by atoms with Crippen molar-refractivity contribution < 1.29 is 0 Å². The van der Waals surface area contributed by atoms with Crippen molar-refractivity contribution in [3.63, 3.8) is 0 Å². The van der Waals surface area contributed by atoms with Gasteiger partial charge < -0.3 is 0 Å². The molecule has 7 heteroatoms. The molecule has 0 unspecified atom stereocenters. The lowest BCUT2D eigenvalue weighted by Crippen LogP contribution is -2.23. The van der Waals surface area contributed by atoms with Crippen LogP contribution in [0.5, 0.6) is 0 Å². The molecule has 4 rings (SSSR count). The van der Waals surface area contributed by atoms with Gasteiger partial charge in [-0.25, -0.2) is 4.98 Å². The van der Waals surface area contributed by atoms with E-state index in [4.69, 9.17) is 0 Å². The van der Waals surface area contributed by atoms with Gasteiger partial charge in [0.05, 0.1) is 24.3 Å². The minimum Gasteiger partial charge on any atom is -0.291 e. The zero-order valence-electron chi connectivity index (χ0n) is 12.8. The first-order valence-corrected chi connectivity index (χ1v) is 7.65. The van der Waals surface area contributed by atoms with E-state index in [1.165, 1.54) is 11.3 Å². The van der Waals surface area contributed by atoms with Crippen LogP contribution in [0.2, 0.25) is 0 Å². The predicted octanol–water partition coefficient (Wildman–Crippen LogP) is 0.952. The lowest BCUT2D eigenvalue weighted by atomic mass is 10.2. The van der Waals surface area contributed by atoms with Crippen LogP contribution in [0.15, 0.2) is 11.1 Å². The topological polar surface area (TPSA) is 81.4 Å². The Balaban J connectivity index is 1.81. The molecule has 22 heavy (non-hydrogen) atoms. The lowest BCUT2D eigenvalue weighted by Gasteiger charge is -2.05. The molecule has 114 valence electrons. The number of aromatic nitrogens is 6. The molecule has 0 spiro atoms. The Morgan fingerprint density at radius 2 is 2.18 bits per heavy atom. The van der Waals surface area contributed by atoms with Gasteiger partial charge in [-0.2, -0.15) is 10.2 Å². The molecule has 3 aromatic heterocycles. The van der Waals surface area contributed by atoms with E-state index in [0.29, 0.717) is 17.6 Å². The van der Waals surface area contributed by atoms with E-state index in [0.717, 1.165) is 37.1 Å². The summed E-state index contributed by atoms with van der Waals surface area (Å²) in [7, 11) is 1.79. The summed E-state index contributed by atoms with van der Waals surface area (Å²) in [4.78, 5) is 17.2. The van der Waals surface area contributed by atoms with Crippen LogP contribution in [0.25, 0.3) is 11.0 Å². The maximum absolute atomic E-state index is 12.7. The molecule has 0 fully saturated rings. The Morgan fingerprint density at radius 3 is 3.00 bits per heavy atom. The van der Waals surface area contributed by atoms with Gasteiger partial charge in [-0.1, -0.05) is 6.92 Å². The van der Waals surface area contributed by atoms with Crippen LogP contribution in [0, 0.1) is 0 Å².